The second-order valence-corrected chi connectivity index (χ2v) is 6.39. The summed E-state index contributed by atoms with van der Waals surface area (Å²) in [7, 11) is 0. The van der Waals surface area contributed by atoms with Crippen LogP contribution in [-0.2, 0) is 14.3 Å². The van der Waals surface area contributed by atoms with Gasteiger partial charge in [-0.05, 0) is 26.7 Å². The Hall–Kier alpha value is -0.510. The lowest BCUT2D eigenvalue weighted by Gasteiger charge is -2.22. The van der Waals surface area contributed by atoms with Crippen LogP contribution in [-0.4, -0.2) is 29.4 Å². The van der Waals surface area contributed by atoms with Crippen molar-refractivity contribution in [1.29, 1.82) is 0 Å². The zero-order valence-corrected chi connectivity index (χ0v) is 12.5. The lowest BCUT2D eigenvalue weighted by atomic mass is 9.89. The summed E-state index contributed by atoms with van der Waals surface area (Å²) in [4.78, 5) is 23.6. The van der Waals surface area contributed by atoms with Crippen LogP contribution in [0.4, 0.5) is 0 Å². The van der Waals surface area contributed by atoms with Gasteiger partial charge in [0.25, 0.3) is 0 Å². The van der Waals surface area contributed by atoms with Crippen molar-refractivity contribution in [3.05, 3.63) is 0 Å². The molecule has 0 aromatic carbocycles. The van der Waals surface area contributed by atoms with E-state index in [-0.39, 0.29) is 5.78 Å². The van der Waals surface area contributed by atoms with Gasteiger partial charge in [-0.1, -0.05) is 20.8 Å². The number of rotatable bonds is 7. The summed E-state index contributed by atoms with van der Waals surface area (Å²) in [5.41, 5.74) is -1.03. The van der Waals surface area contributed by atoms with Gasteiger partial charge in [-0.15, -0.1) is 0 Å². The van der Waals surface area contributed by atoms with Crippen LogP contribution in [0.25, 0.3) is 0 Å². The van der Waals surface area contributed by atoms with Gasteiger partial charge >= 0.3 is 5.97 Å². The number of ether oxygens (including phenoxy) is 1. The van der Waals surface area contributed by atoms with E-state index in [4.69, 9.17) is 4.74 Å². The van der Waals surface area contributed by atoms with Crippen molar-refractivity contribution < 1.29 is 14.3 Å². The summed E-state index contributed by atoms with van der Waals surface area (Å²) >= 11 is 1.60. The van der Waals surface area contributed by atoms with E-state index >= 15 is 0 Å². The molecule has 4 heteroatoms. The van der Waals surface area contributed by atoms with E-state index in [9.17, 15) is 9.59 Å². The van der Waals surface area contributed by atoms with Gasteiger partial charge in [-0.2, -0.15) is 11.8 Å². The molecule has 0 aromatic rings. The van der Waals surface area contributed by atoms with E-state index in [0.717, 1.165) is 0 Å². The van der Waals surface area contributed by atoms with Crippen molar-refractivity contribution >= 4 is 23.5 Å². The summed E-state index contributed by atoms with van der Waals surface area (Å²) in [6, 6.07) is 0. The van der Waals surface area contributed by atoms with Gasteiger partial charge < -0.3 is 4.74 Å². The van der Waals surface area contributed by atoms with Crippen LogP contribution in [0.2, 0.25) is 0 Å². The van der Waals surface area contributed by atoms with Gasteiger partial charge in [0.15, 0.2) is 5.78 Å². The van der Waals surface area contributed by atoms with Crippen molar-refractivity contribution in [3.8, 4) is 0 Å². The molecule has 0 saturated heterocycles. The number of Topliss-reactive ketones (excluding diaryl/α,β-unsaturated/α-hetero) is 1. The van der Waals surface area contributed by atoms with Gasteiger partial charge in [0, 0.05) is 5.25 Å². The Morgan fingerprint density at radius 3 is 2.18 bits per heavy atom. The molecule has 1 atom stereocenters. The number of hydrogen-bond donors (Lipinski definition) is 0. The van der Waals surface area contributed by atoms with Crippen LogP contribution in [0.3, 0.4) is 0 Å². The number of hydrogen-bond acceptors (Lipinski definition) is 4. The highest BCUT2D eigenvalue weighted by atomic mass is 32.2. The van der Waals surface area contributed by atoms with Crippen molar-refractivity contribution in [1.82, 2.24) is 0 Å². The third-order valence-electron chi connectivity index (χ3n) is 2.90. The highest BCUT2D eigenvalue weighted by Crippen LogP contribution is 2.25. The molecule has 0 rings (SSSR count). The molecule has 0 saturated carbocycles. The Kier molecular flexibility index (Phi) is 6.83. The fraction of sp³-hybridized carbons (Fsp3) is 0.846. The molecule has 0 aliphatic carbocycles. The average molecular weight is 260 g/mol. The Morgan fingerprint density at radius 2 is 1.76 bits per heavy atom. The van der Waals surface area contributed by atoms with E-state index in [0.29, 0.717) is 23.5 Å². The Bertz CT molecular complexity index is 272. The molecule has 0 amide bonds. The molecule has 0 spiro atoms. The smallest absolute Gasteiger partial charge is 0.319 e. The Labute approximate surface area is 109 Å². The average Bonchev–Trinajstić information content (AvgIpc) is 2.25. The van der Waals surface area contributed by atoms with E-state index < -0.39 is 11.4 Å². The number of carbonyl (C=O) groups is 2. The van der Waals surface area contributed by atoms with Crippen LogP contribution in [0.5, 0.6) is 0 Å². The first-order chi connectivity index (χ1) is 7.73. The highest BCUT2D eigenvalue weighted by molar-refractivity contribution is 8.00. The first-order valence-corrected chi connectivity index (χ1v) is 7.10. The third-order valence-corrected chi connectivity index (χ3v) is 4.40. The standard InChI is InChI=1S/C13H24O3S/c1-7-16-12(15)13(5,6)11(14)8-17-10(4)9(2)3/h9-10H,7-8H2,1-6H3. The summed E-state index contributed by atoms with van der Waals surface area (Å²) in [5, 5.41) is 0.414. The predicted octanol–water partition coefficient (Wildman–Crippen LogP) is 2.92. The van der Waals surface area contributed by atoms with E-state index in [1.165, 1.54) is 0 Å². The highest BCUT2D eigenvalue weighted by Gasteiger charge is 2.37. The summed E-state index contributed by atoms with van der Waals surface area (Å²) in [6.07, 6.45) is 0. The molecule has 0 aromatic heterocycles. The molecule has 1 unspecified atom stereocenters. The molecular weight excluding hydrogens is 236 g/mol. The number of esters is 1. The number of ketones is 1. The van der Waals surface area contributed by atoms with Crippen LogP contribution in [0.1, 0.15) is 41.5 Å². The minimum Gasteiger partial charge on any atom is -0.465 e. The molecule has 100 valence electrons. The number of thioether (sulfide) groups is 1. The van der Waals surface area contributed by atoms with Gasteiger partial charge in [-0.25, -0.2) is 0 Å². The fourth-order valence-electron chi connectivity index (χ4n) is 1.01. The molecule has 0 radical (unpaired) electrons. The molecule has 17 heavy (non-hydrogen) atoms. The first-order valence-electron chi connectivity index (χ1n) is 6.05. The number of carbonyl (C=O) groups excluding carboxylic acids is 2. The third kappa shape index (κ3) is 5.11. The summed E-state index contributed by atoms with van der Waals surface area (Å²) in [5.74, 6) is 0.403. The molecule has 0 N–H and O–H groups in total. The van der Waals surface area contributed by atoms with E-state index in [2.05, 4.69) is 20.8 Å². The van der Waals surface area contributed by atoms with Gasteiger partial charge in [-0.3, -0.25) is 9.59 Å². The Morgan fingerprint density at radius 1 is 1.24 bits per heavy atom. The quantitative estimate of drug-likeness (QED) is 0.521. The maximum atomic E-state index is 12.0. The fourth-order valence-corrected chi connectivity index (χ4v) is 2.17. The lowest BCUT2D eigenvalue weighted by molar-refractivity contribution is -0.157. The molecule has 0 aliphatic heterocycles. The van der Waals surface area contributed by atoms with Crippen molar-refractivity contribution in [3.63, 3.8) is 0 Å². The van der Waals surface area contributed by atoms with Gasteiger partial charge in [0.1, 0.15) is 5.41 Å². The van der Waals surface area contributed by atoms with Gasteiger partial charge in [0.05, 0.1) is 12.4 Å². The minimum atomic E-state index is -1.03. The van der Waals surface area contributed by atoms with Crippen molar-refractivity contribution in [2.45, 2.75) is 46.8 Å². The normalized spacial score (nSPS) is 13.6. The SMILES string of the molecule is CCOC(=O)C(C)(C)C(=O)CSC(C)C(C)C. The lowest BCUT2D eigenvalue weighted by Crippen LogP contribution is -2.36. The second-order valence-electron chi connectivity index (χ2n) is 5.03. The topological polar surface area (TPSA) is 43.4 Å². The molecule has 0 fully saturated rings. The first kappa shape index (κ1) is 16.5. The molecule has 0 heterocycles. The minimum absolute atomic E-state index is 0.0616. The van der Waals surface area contributed by atoms with E-state index in [1.807, 2.05) is 0 Å². The van der Waals surface area contributed by atoms with Crippen LogP contribution in [0.15, 0.2) is 0 Å². The maximum Gasteiger partial charge on any atom is 0.319 e. The molecule has 0 bridgehead atoms. The Balaban J connectivity index is 4.34. The monoisotopic (exact) mass is 260 g/mol. The van der Waals surface area contributed by atoms with Crippen LogP contribution >= 0.6 is 11.8 Å². The summed E-state index contributed by atoms with van der Waals surface area (Å²) in [6.45, 7) is 11.7. The van der Waals surface area contributed by atoms with Crippen LogP contribution in [0, 0.1) is 11.3 Å². The van der Waals surface area contributed by atoms with Gasteiger partial charge in [0.2, 0.25) is 0 Å². The van der Waals surface area contributed by atoms with E-state index in [1.54, 1.807) is 32.5 Å². The van der Waals surface area contributed by atoms with Crippen molar-refractivity contribution in [2.24, 2.45) is 11.3 Å². The van der Waals surface area contributed by atoms with Crippen molar-refractivity contribution in [2.75, 3.05) is 12.4 Å². The molecular formula is C13H24O3S. The summed E-state index contributed by atoms with van der Waals surface area (Å²) < 4.78 is 4.91. The second kappa shape index (κ2) is 7.04. The molecule has 0 aliphatic rings. The maximum absolute atomic E-state index is 12.0. The zero-order chi connectivity index (χ0) is 13.6. The zero-order valence-electron chi connectivity index (χ0n) is 11.7. The predicted molar refractivity (Wildman–Crippen MR) is 72.2 cm³/mol. The molecule has 3 nitrogen and oxygen atoms in total. The van der Waals surface area contributed by atoms with Crippen LogP contribution < -0.4 is 0 Å². The largest absolute Gasteiger partial charge is 0.465 e.